The number of hydrogen-bond donors (Lipinski definition) is 2. The molecule has 0 bridgehead atoms. The van der Waals surface area contributed by atoms with Crippen molar-refractivity contribution in [1.29, 1.82) is 5.41 Å². The number of nitrogens with zero attached hydrogens (tertiary/aromatic N) is 3. The third-order valence-electron chi connectivity index (χ3n) is 6.76. The summed E-state index contributed by atoms with van der Waals surface area (Å²) < 4.78 is 35.5. The standard InChI is InChI=1S/C27H29F2N5O/c28-22-13-18(14-23(29)27(22)34-9-11-35-12-10-34)21-7-4-8-24-26(21)33-25(17-32-24)19(15-30)16-31-20-5-2-1-3-6-20/h4,7-8,13-17,20,30-31H,1-3,5-6,9-12H2/b19-16+,30-15?. The summed E-state index contributed by atoms with van der Waals surface area (Å²) in [5, 5.41) is 11.3. The summed E-state index contributed by atoms with van der Waals surface area (Å²) in [7, 11) is 0. The molecule has 5 rings (SSSR count). The van der Waals surface area contributed by atoms with Crippen molar-refractivity contribution >= 4 is 28.5 Å². The lowest BCUT2D eigenvalue weighted by Gasteiger charge is -2.29. The smallest absolute Gasteiger partial charge is 0.150 e. The number of nitrogens with one attached hydrogen (secondary N) is 2. The average Bonchev–Trinajstić information content (AvgIpc) is 2.89. The normalized spacial score (nSPS) is 17.5. The van der Waals surface area contributed by atoms with E-state index in [-0.39, 0.29) is 5.69 Å². The zero-order valence-corrected chi connectivity index (χ0v) is 19.6. The maximum Gasteiger partial charge on any atom is 0.150 e. The number of fused-ring (bicyclic) bond motifs is 1. The first-order valence-electron chi connectivity index (χ1n) is 12.2. The van der Waals surface area contributed by atoms with Crippen LogP contribution >= 0.6 is 0 Å². The molecule has 182 valence electrons. The highest BCUT2D eigenvalue weighted by Gasteiger charge is 2.21. The lowest BCUT2D eigenvalue weighted by atomic mass is 9.95. The minimum atomic E-state index is -0.611. The van der Waals surface area contributed by atoms with Gasteiger partial charge in [-0.15, -0.1) is 0 Å². The lowest BCUT2D eigenvalue weighted by Crippen LogP contribution is -2.37. The Morgan fingerprint density at radius 2 is 1.83 bits per heavy atom. The highest BCUT2D eigenvalue weighted by molar-refractivity contribution is 6.08. The van der Waals surface area contributed by atoms with Gasteiger partial charge in [-0.3, -0.25) is 4.98 Å². The molecule has 0 atom stereocenters. The van der Waals surface area contributed by atoms with Gasteiger partial charge in [0.1, 0.15) is 17.3 Å². The molecule has 0 radical (unpaired) electrons. The molecule has 1 aromatic heterocycles. The molecule has 2 fully saturated rings. The molecular weight excluding hydrogens is 448 g/mol. The molecule has 0 unspecified atom stereocenters. The number of benzene rings is 2. The van der Waals surface area contributed by atoms with Crippen molar-refractivity contribution < 1.29 is 13.5 Å². The summed E-state index contributed by atoms with van der Waals surface area (Å²) in [5.74, 6) is -1.22. The van der Waals surface area contributed by atoms with Crippen LogP contribution in [0.3, 0.4) is 0 Å². The van der Waals surface area contributed by atoms with Gasteiger partial charge in [0.2, 0.25) is 0 Å². The maximum absolute atomic E-state index is 15.1. The van der Waals surface area contributed by atoms with Crippen LogP contribution in [0.2, 0.25) is 0 Å². The number of halogens is 2. The Balaban J connectivity index is 1.50. The van der Waals surface area contributed by atoms with Crippen LogP contribution in [-0.4, -0.2) is 48.5 Å². The molecule has 2 aromatic carbocycles. The van der Waals surface area contributed by atoms with Crippen LogP contribution in [0.1, 0.15) is 37.8 Å². The van der Waals surface area contributed by atoms with Gasteiger partial charge in [0.05, 0.1) is 36.1 Å². The SMILES string of the molecule is N=C/C(=C\NC1CCCCC1)c1cnc2cccc(-c3cc(F)c(N4CCOCC4)c(F)c3)c2n1. The van der Waals surface area contributed by atoms with E-state index in [1.807, 2.05) is 12.3 Å². The Morgan fingerprint density at radius 1 is 1.09 bits per heavy atom. The van der Waals surface area contributed by atoms with Gasteiger partial charge >= 0.3 is 0 Å². The van der Waals surface area contributed by atoms with Crippen molar-refractivity contribution in [3.63, 3.8) is 0 Å². The summed E-state index contributed by atoms with van der Waals surface area (Å²) in [5.41, 5.74) is 3.27. The first kappa shape index (κ1) is 23.4. The Labute approximate surface area is 203 Å². The van der Waals surface area contributed by atoms with Crippen molar-refractivity contribution in [3.05, 3.63) is 60.1 Å². The molecule has 2 heterocycles. The van der Waals surface area contributed by atoms with Gasteiger partial charge < -0.3 is 20.4 Å². The van der Waals surface area contributed by atoms with Gasteiger partial charge in [0.25, 0.3) is 0 Å². The second kappa shape index (κ2) is 10.5. The molecule has 35 heavy (non-hydrogen) atoms. The molecule has 1 aliphatic heterocycles. The summed E-state index contributed by atoms with van der Waals surface area (Å²) in [6.07, 6.45) is 10.6. The van der Waals surface area contributed by atoms with Gasteiger partial charge in [-0.25, -0.2) is 13.8 Å². The van der Waals surface area contributed by atoms with Crippen LogP contribution in [0, 0.1) is 17.0 Å². The molecule has 2 N–H and O–H groups in total. The fourth-order valence-electron chi connectivity index (χ4n) is 4.88. The number of para-hydroxylation sites is 1. The molecule has 1 saturated carbocycles. The Morgan fingerprint density at radius 3 is 2.54 bits per heavy atom. The van der Waals surface area contributed by atoms with Crippen LogP contribution in [0.25, 0.3) is 27.7 Å². The number of rotatable bonds is 6. The van der Waals surface area contributed by atoms with Crippen LogP contribution < -0.4 is 10.2 Å². The Kier molecular flexibility index (Phi) is 6.99. The molecule has 3 aromatic rings. The van der Waals surface area contributed by atoms with Gasteiger partial charge in [0, 0.05) is 42.7 Å². The van der Waals surface area contributed by atoms with Gasteiger partial charge in [-0.2, -0.15) is 0 Å². The number of anilines is 1. The first-order valence-corrected chi connectivity index (χ1v) is 12.2. The van der Waals surface area contributed by atoms with Gasteiger partial charge in [0.15, 0.2) is 0 Å². The van der Waals surface area contributed by atoms with E-state index >= 15 is 8.78 Å². The fraction of sp³-hybridized carbons (Fsp3) is 0.370. The monoisotopic (exact) mass is 477 g/mol. The largest absolute Gasteiger partial charge is 0.388 e. The molecule has 1 saturated heterocycles. The van der Waals surface area contributed by atoms with Gasteiger partial charge in [-0.05, 0) is 36.6 Å². The van der Waals surface area contributed by atoms with E-state index in [1.54, 1.807) is 23.2 Å². The summed E-state index contributed by atoms with van der Waals surface area (Å²) >= 11 is 0. The van der Waals surface area contributed by atoms with E-state index in [4.69, 9.17) is 15.1 Å². The quantitative estimate of drug-likeness (QED) is 0.470. The number of hydrogen-bond acceptors (Lipinski definition) is 6. The van der Waals surface area contributed by atoms with Crippen molar-refractivity contribution in [2.24, 2.45) is 0 Å². The fourth-order valence-corrected chi connectivity index (χ4v) is 4.88. The number of allylic oxidation sites excluding steroid dienone is 1. The highest BCUT2D eigenvalue weighted by atomic mass is 19.1. The zero-order chi connectivity index (χ0) is 24.2. The van der Waals surface area contributed by atoms with Crippen LogP contribution in [0.4, 0.5) is 14.5 Å². The molecule has 6 nitrogen and oxygen atoms in total. The van der Waals surface area contributed by atoms with E-state index in [0.29, 0.717) is 65.8 Å². The number of ether oxygens (including phenoxy) is 1. The van der Waals surface area contributed by atoms with E-state index < -0.39 is 11.6 Å². The molecule has 0 amide bonds. The van der Waals surface area contributed by atoms with Crippen LogP contribution in [-0.2, 0) is 4.74 Å². The predicted molar refractivity (Wildman–Crippen MR) is 135 cm³/mol. The molecule has 1 aliphatic carbocycles. The van der Waals surface area contributed by atoms with E-state index in [0.717, 1.165) is 12.8 Å². The van der Waals surface area contributed by atoms with Crippen LogP contribution in [0.5, 0.6) is 0 Å². The predicted octanol–water partition coefficient (Wildman–Crippen LogP) is 5.32. The third kappa shape index (κ3) is 5.03. The topological polar surface area (TPSA) is 74.1 Å². The molecule has 2 aliphatic rings. The van der Waals surface area contributed by atoms with Crippen molar-refractivity contribution in [2.75, 3.05) is 31.2 Å². The van der Waals surface area contributed by atoms with E-state index in [9.17, 15) is 0 Å². The van der Waals surface area contributed by atoms with Crippen molar-refractivity contribution in [3.8, 4) is 11.1 Å². The summed E-state index contributed by atoms with van der Waals surface area (Å²) in [6, 6.07) is 8.52. The second-order valence-corrected chi connectivity index (χ2v) is 9.06. The van der Waals surface area contributed by atoms with Crippen LogP contribution in [0.15, 0.2) is 42.7 Å². The molecule has 8 heteroatoms. The minimum absolute atomic E-state index is 0.0214. The summed E-state index contributed by atoms with van der Waals surface area (Å²) in [4.78, 5) is 11.0. The lowest BCUT2D eigenvalue weighted by molar-refractivity contribution is 0.122. The second-order valence-electron chi connectivity index (χ2n) is 9.06. The minimum Gasteiger partial charge on any atom is -0.388 e. The Hall–Kier alpha value is -3.39. The third-order valence-corrected chi connectivity index (χ3v) is 6.76. The van der Waals surface area contributed by atoms with E-state index in [1.165, 1.54) is 37.6 Å². The molecule has 0 spiro atoms. The summed E-state index contributed by atoms with van der Waals surface area (Å²) in [6.45, 7) is 1.79. The maximum atomic E-state index is 15.1. The zero-order valence-electron chi connectivity index (χ0n) is 19.6. The molecular formula is C27H29F2N5O. The Bertz CT molecular complexity index is 1230. The van der Waals surface area contributed by atoms with E-state index in [2.05, 4.69) is 10.3 Å². The highest BCUT2D eigenvalue weighted by Crippen LogP contribution is 2.33. The number of aromatic nitrogens is 2. The number of morpholine rings is 1. The first-order chi connectivity index (χ1) is 17.1. The van der Waals surface area contributed by atoms with Gasteiger partial charge in [-0.1, -0.05) is 31.4 Å². The van der Waals surface area contributed by atoms with Crippen molar-refractivity contribution in [1.82, 2.24) is 15.3 Å². The average molecular weight is 478 g/mol. The van der Waals surface area contributed by atoms with Crippen molar-refractivity contribution in [2.45, 2.75) is 38.1 Å².